The van der Waals surface area contributed by atoms with E-state index < -0.39 is 8.32 Å². The van der Waals surface area contributed by atoms with Crippen LogP contribution in [0.4, 0.5) is 0 Å². The number of hydrogen-bond acceptors (Lipinski definition) is 2. The summed E-state index contributed by atoms with van der Waals surface area (Å²) in [5.41, 5.74) is 1.30. The average molecular weight is 266 g/mol. The highest BCUT2D eigenvalue weighted by atomic mass is 28.4. The number of benzene rings is 1. The molecule has 1 aromatic rings. The van der Waals surface area contributed by atoms with E-state index >= 15 is 0 Å². The highest BCUT2D eigenvalue weighted by molar-refractivity contribution is 6.73. The van der Waals surface area contributed by atoms with E-state index in [0.29, 0.717) is 5.75 Å². The molecule has 0 atom stereocenters. The summed E-state index contributed by atoms with van der Waals surface area (Å²) >= 11 is 0. The van der Waals surface area contributed by atoms with Gasteiger partial charge in [-0.05, 0) is 42.2 Å². The first-order chi connectivity index (χ1) is 8.65. The summed E-state index contributed by atoms with van der Waals surface area (Å²) in [6, 6.07) is 11.3. The first-order valence-corrected chi connectivity index (χ1v) is 9.52. The Kier molecular flexibility index (Phi) is 6.43. The van der Waals surface area contributed by atoms with E-state index in [1.807, 2.05) is 19.2 Å². The molecule has 2 nitrogen and oxygen atoms in total. The lowest BCUT2D eigenvalue weighted by atomic mass is 10.2. The maximum atomic E-state index is 9.28. The molecule has 0 heterocycles. The van der Waals surface area contributed by atoms with E-state index in [-0.39, 0.29) is 0 Å². The van der Waals surface area contributed by atoms with Gasteiger partial charge in [0.15, 0.2) is 8.32 Å². The Labute approximate surface area is 112 Å². The summed E-state index contributed by atoms with van der Waals surface area (Å²) in [6.07, 6.45) is 3.51. The van der Waals surface area contributed by atoms with Gasteiger partial charge in [-0.2, -0.15) is 0 Å². The zero-order chi connectivity index (χ0) is 13.4. The van der Waals surface area contributed by atoms with Crippen molar-refractivity contribution < 1.29 is 9.53 Å². The van der Waals surface area contributed by atoms with Gasteiger partial charge < -0.3 is 9.53 Å². The van der Waals surface area contributed by atoms with Gasteiger partial charge in [0.2, 0.25) is 0 Å². The van der Waals surface area contributed by atoms with Gasteiger partial charge in [0.1, 0.15) is 5.75 Å². The lowest BCUT2D eigenvalue weighted by Gasteiger charge is -2.29. The van der Waals surface area contributed by atoms with E-state index in [0.717, 1.165) is 6.42 Å². The first kappa shape index (κ1) is 15.3. The van der Waals surface area contributed by atoms with Crippen molar-refractivity contribution in [1.82, 2.24) is 0 Å². The van der Waals surface area contributed by atoms with Crippen molar-refractivity contribution in [2.45, 2.75) is 51.2 Å². The van der Waals surface area contributed by atoms with Gasteiger partial charge in [-0.25, -0.2) is 0 Å². The Morgan fingerprint density at radius 3 is 2.00 bits per heavy atom. The van der Waals surface area contributed by atoms with Crippen LogP contribution >= 0.6 is 0 Å². The molecular formula is C15H26O2Si. The maximum Gasteiger partial charge on any atom is 0.192 e. The summed E-state index contributed by atoms with van der Waals surface area (Å²) < 4.78 is 5.95. The highest BCUT2D eigenvalue weighted by Gasteiger charge is 2.31. The van der Waals surface area contributed by atoms with Crippen molar-refractivity contribution in [2.75, 3.05) is 7.11 Å². The summed E-state index contributed by atoms with van der Waals surface area (Å²) in [4.78, 5) is 0. The molecule has 102 valence electrons. The second-order valence-corrected chi connectivity index (χ2v) is 9.33. The lowest BCUT2D eigenvalue weighted by molar-refractivity contribution is 0.386. The van der Waals surface area contributed by atoms with Gasteiger partial charge in [0.25, 0.3) is 0 Å². The van der Waals surface area contributed by atoms with Crippen LogP contribution in [0.15, 0.2) is 24.3 Å². The van der Waals surface area contributed by atoms with Crippen molar-refractivity contribution in [3.05, 3.63) is 29.8 Å². The number of aryl methyl sites for hydroxylation is 1. The van der Waals surface area contributed by atoms with E-state index in [1.165, 1.54) is 36.5 Å². The average Bonchev–Trinajstić information content (AvgIpc) is 2.38. The fourth-order valence-corrected chi connectivity index (χ4v) is 6.56. The third kappa shape index (κ3) is 4.46. The van der Waals surface area contributed by atoms with Gasteiger partial charge in [0, 0.05) is 7.11 Å². The second-order valence-electron chi connectivity index (χ2n) is 5.05. The Morgan fingerprint density at radius 2 is 1.56 bits per heavy atom. The van der Waals surface area contributed by atoms with Crippen molar-refractivity contribution >= 4 is 8.32 Å². The van der Waals surface area contributed by atoms with E-state index in [2.05, 4.69) is 13.8 Å². The Morgan fingerprint density at radius 1 is 1.00 bits per heavy atom. The minimum absolute atomic E-state index is 0.344. The zero-order valence-electron chi connectivity index (χ0n) is 11.9. The van der Waals surface area contributed by atoms with Gasteiger partial charge >= 0.3 is 0 Å². The molecule has 0 spiro atoms. The number of phenols is 1. The molecule has 3 heteroatoms. The minimum Gasteiger partial charge on any atom is -0.508 e. The standard InChI is InChI=1S/C15H26O2Si/c1-4-11-18(17-3,12-5-2)13-10-14-6-8-15(16)9-7-14/h6-9,16H,4-5,10-13H2,1-3H3. The molecule has 0 saturated heterocycles. The summed E-state index contributed by atoms with van der Waals surface area (Å²) in [7, 11) is 0.369. The zero-order valence-corrected chi connectivity index (χ0v) is 12.9. The fourth-order valence-electron chi connectivity index (χ4n) is 2.63. The smallest absolute Gasteiger partial charge is 0.192 e. The SMILES string of the molecule is CCC[Si](CCC)(CCc1ccc(O)cc1)OC. The molecule has 0 fully saturated rings. The molecule has 0 aliphatic rings. The van der Waals surface area contributed by atoms with Crippen LogP contribution in [0.25, 0.3) is 0 Å². The summed E-state index contributed by atoms with van der Waals surface area (Å²) in [6.45, 7) is 4.49. The molecule has 0 aromatic heterocycles. The van der Waals surface area contributed by atoms with Crippen molar-refractivity contribution in [3.8, 4) is 5.75 Å². The van der Waals surface area contributed by atoms with Crippen molar-refractivity contribution in [1.29, 1.82) is 0 Å². The quantitative estimate of drug-likeness (QED) is 0.709. The fraction of sp³-hybridized carbons (Fsp3) is 0.600. The highest BCUT2D eigenvalue weighted by Crippen LogP contribution is 2.27. The van der Waals surface area contributed by atoms with Gasteiger partial charge in [-0.15, -0.1) is 0 Å². The Balaban J connectivity index is 2.63. The first-order valence-electron chi connectivity index (χ1n) is 6.99. The summed E-state index contributed by atoms with van der Waals surface area (Å²) in [5, 5.41) is 9.28. The van der Waals surface area contributed by atoms with Crippen molar-refractivity contribution in [2.24, 2.45) is 0 Å². The van der Waals surface area contributed by atoms with Crippen LogP contribution in [-0.4, -0.2) is 20.5 Å². The largest absolute Gasteiger partial charge is 0.508 e. The monoisotopic (exact) mass is 266 g/mol. The van der Waals surface area contributed by atoms with Crippen LogP contribution < -0.4 is 0 Å². The molecule has 1 rings (SSSR count). The molecule has 0 saturated carbocycles. The predicted molar refractivity (Wildman–Crippen MR) is 79.6 cm³/mol. The molecular weight excluding hydrogens is 240 g/mol. The number of hydrogen-bond donors (Lipinski definition) is 1. The molecule has 0 aliphatic carbocycles. The van der Waals surface area contributed by atoms with E-state index in [4.69, 9.17) is 4.43 Å². The lowest BCUT2D eigenvalue weighted by Crippen LogP contribution is -2.37. The van der Waals surface area contributed by atoms with Crippen LogP contribution in [0.2, 0.25) is 18.1 Å². The third-order valence-corrected chi connectivity index (χ3v) is 8.50. The Bertz CT molecular complexity index is 329. The van der Waals surface area contributed by atoms with Gasteiger partial charge in [-0.1, -0.05) is 38.8 Å². The third-order valence-electron chi connectivity index (χ3n) is 3.65. The van der Waals surface area contributed by atoms with Crippen LogP contribution in [0, 0.1) is 0 Å². The number of rotatable bonds is 8. The predicted octanol–water partition coefficient (Wildman–Crippen LogP) is 4.35. The van der Waals surface area contributed by atoms with Crippen molar-refractivity contribution in [3.63, 3.8) is 0 Å². The van der Waals surface area contributed by atoms with E-state index in [1.54, 1.807) is 12.1 Å². The molecule has 1 N–H and O–H groups in total. The van der Waals surface area contributed by atoms with E-state index in [9.17, 15) is 5.11 Å². The molecule has 0 amide bonds. The van der Waals surface area contributed by atoms with Crippen LogP contribution in [0.1, 0.15) is 32.3 Å². The summed E-state index contributed by atoms with van der Waals surface area (Å²) in [5.74, 6) is 0.344. The minimum atomic E-state index is -1.53. The molecule has 0 bridgehead atoms. The second kappa shape index (κ2) is 7.59. The van der Waals surface area contributed by atoms with Crippen LogP contribution in [0.3, 0.4) is 0 Å². The molecule has 18 heavy (non-hydrogen) atoms. The van der Waals surface area contributed by atoms with Crippen LogP contribution in [0.5, 0.6) is 5.75 Å². The molecule has 1 aromatic carbocycles. The Hall–Kier alpha value is -0.803. The molecule has 0 unspecified atom stereocenters. The van der Waals surface area contributed by atoms with Gasteiger partial charge in [0.05, 0.1) is 0 Å². The number of aromatic hydroxyl groups is 1. The maximum absolute atomic E-state index is 9.28. The van der Waals surface area contributed by atoms with Crippen LogP contribution in [-0.2, 0) is 10.8 Å². The molecule has 0 radical (unpaired) electrons. The topological polar surface area (TPSA) is 29.5 Å². The number of phenolic OH excluding ortho intramolecular Hbond substituents is 1. The normalized spacial score (nSPS) is 11.7. The molecule has 0 aliphatic heterocycles. The van der Waals surface area contributed by atoms with Gasteiger partial charge in [-0.3, -0.25) is 0 Å².